The van der Waals surface area contributed by atoms with Crippen LogP contribution in [0.3, 0.4) is 0 Å². The molecule has 100 valence electrons. The summed E-state index contributed by atoms with van der Waals surface area (Å²) in [5.41, 5.74) is 1.87. The van der Waals surface area contributed by atoms with Crippen LogP contribution in [-0.2, 0) is 4.79 Å². The second-order valence-electron chi connectivity index (χ2n) is 4.54. The molecular formula is C14H17N3O2. The third-order valence-corrected chi connectivity index (χ3v) is 2.43. The quantitative estimate of drug-likeness (QED) is 0.867. The zero-order valence-corrected chi connectivity index (χ0v) is 11.3. The van der Waals surface area contributed by atoms with Crippen molar-refractivity contribution in [1.82, 2.24) is 5.32 Å². The fourth-order valence-corrected chi connectivity index (χ4v) is 1.51. The number of nitriles is 1. The highest BCUT2D eigenvalue weighted by Gasteiger charge is 2.10. The first-order chi connectivity index (χ1) is 8.93. The number of carbonyl (C=O) groups excluding carboxylic acids is 2. The summed E-state index contributed by atoms with van der Waals surface area (Å²) in [6, 6.07) is 6.90. The van der Waals surface area contributed by atoms with Crippen molar-refractivity contribution in [3.05, 3.63) is 29.3 Å². The van der Waals surface area contributed by atoms with E-state index < -0.39 is 0 Å². The van der Waals surface area contributed by atoms with Gasteiger partial charge in [0.15, 0.2) is 0 Å². The predicted molar refractivity (Wildman–Crippen MR) is 72.6 cm³/mol. The minimum absolute atomic E-state index is 0.0467. The third kappa shape index (κ3) is 4.43. The van der Waals surface area contributed by atoms with Crippen molar-refractivity contribution >= 4 is 17.5 Å². The average molecular weight is 259 g/mol. The number of hydrogen-bond acceptors (Lipinski definition) is 3. The Hall–Kier alpha value is -2.35. The van der Waals surface area contributed by atoms with Gasteiger partial charge in [0.1, 0.15) is 6.42 Å². The van der Waals surface area contributed by atoms with E-state index >= 15 is 0 Å². The Balaban J connectivity index is 2.91. The molecule has 0 spiro atoms. The molecular weight excluding hydrogens is 242 g/mol. The number of amides is 2. The normalized spacial score (nSPS) is 9.84. The number of carbonyl (C=O) groups is 2. The summed E-state index contributed by atoms with van der Waals surface area (Å²) in [5.74, 6) is -0.571. The molecule has 2 amide bonds. The van der Waals surface area contributed by atoms with Crippen LogP contribution in [0.1, 0.15) is 36.2 Å². The Morgan fingerprint density at radius 3 is 2.63 bits per heavy atom. The number of benzene rings is 1. The fourth-order valence-electron chi connectivity index (χ4n) is 1.51. The molecule has 0 unspecified atom stereocenters. The summed E-state index contributed by atoms with van der Waals surface area (Å²) in [4.78, 5) is 23.2. The second kappa shape index (κ2) is 6.55. The van der Waals surface area contributed by atoms with Gasteiger partial charge in [-0.15, -0.1) is 0 Å². The fraction of sp³-hybridized carbons (Fsp3) is 0.357. The molecule has 0 radical (unpaired) electrons. The molecule has 0 saturated carbocycles. The maximum absolute atomic E-state index is 11.9. The maximum Gasteiger partial charge on any atom is 0.251 e. The zero-order valence-electron chi connectivity index (χ0n) is 11.3. The average Bonchev–Trinajstić information content (AvgIpc) is 2.31. The molecule has 1 aromatic rings. The Morgan fingerprint density at radius 1 is 1.37 bits per heavy atom. The molecule has 0 aliphatic carbocycles. The highest BCUT2D eigenvalue weighted by molar-refractivity contribution is 5.98. The molecule has 2 N–H and O–H groups in total. The van der Waals surface area contributed by atoms with Crippen LogP contribution in [0, 0.1) is 18.3 Å². The summed E-state index contributed by atoms with van der Waals surface area (Å²) in [5, 5.41) is 13.8. The van der Waals surface area contributed by atoms with Crippen molar-refractivity contribution in [1.29, 1.82) is 5.26 Å². The molecule has 19 heavy (non-hydrogen) atoms. The van der Waals surface area contributed by atoms with Crippen molar-refractivity contribution in [3.63, 3.8) is 0 Å². The summed E-state index contributed by atoms with van der Waals surface area (Å²) in [7, 11) is 0. The lowest BCUT2D eigenvalue weighted by Crippen LogP contribution is -2.30. The minimum atomic E-state index is -0.382. The molecule has 1 aromatic carbocycles. The molecule has 0 aromatic heterocycles. The van der Waals surface area contributed by atoms with Crippen LogP contribution in [0.15, 0.2) is 18.2 Å². The van der Waals surface area contributed by atoms with Gasteiger partial charge in [-0.2, -0.15) is 5.26 Å². The van der Waals surface area contributed by atoms with Crippen molar-refractivity contribution < 1.29 is 9.59 Å². The van der Waals surface area contributed by atoms with E-state index in [9.17, 15) is 9.59 Å². The Bertz CT molecular complexity index is 530. The molecule has 0 bridgehead atoms. The summed E-state index contributed by atoms with van der Waals surface area (Å²) in [6.07, 6.45) is -0.206. The molecule has 0 aliphatic heterocycles. The number of aryl methyl sites for hydroxylation is 1. The van der Waals surface area contributed by atoms with Gasteiger partial charge in [0, 0.05) is 17.3 Å². The Morgan fingerprint density at radius 2 is 2.05 bits per heavy atom. The number of anilines is 1. The lowest BCUT2D eigenvalue weighted by molar-refractivity contribution is -0.115. The monoisotopic (exact) mass is 259 g/mol. The Labute approximate surface area is 112 Å². The number of hydrogen-bond donors (Lipinski definition) is 2. The molecule has 0 fully saturated rings. The number of nitrogens with one attached hydrogen (secondary N) is 2. The van der Waals surface area contributed by atoms with E-state index in [4.69, 9.17) is 5.26 Å². The first-order valence-electron chi connectivity index (χ1n) is 6.02. The smallest absolute Gasteiger partial charge is 0.251 e. The standard InChI is InChI=1S/C14H17N3O2/c1-9(2)16-14(19)11-5-4-10(3)12(8-11)17-13(18)6-7-15/h4-5,8-9H,6H2,1-3H3,(H,16,19)(H,17,18). The van der Waals surface area contributed by atoms with Crippen LogP contribution in [0.4, 0.5) is 5.69 Å². The topological polar surface area (TPSA) is 82.0 Å². The third-order valence-electron chi connectivity index (χ3n) is 2.43. The van der Waals surface area contributed by atoms with Gasteiger partial charge >= 0.3 is 0 Å². The van der Waals surface area contributed by atoms with Gasteiger partial charge in [-0.1, -0.05) is 6.07 Å². The van der Waals surface area contributed by atoms with Gasteiger partial charge in [0.05, 0.1) is 6.07 Å². The van der Waals surface area contributed by atoms with E-state index in [1.807, 2.05) is 20.8 Å². The van der Waals surface area contributed by atoms with Gasteiger partial charge in [0.25, 0.3) is 5.91 Å². The number of rotatable bonds is 4. The SMILES string of the molecule is Cc1ccc(C(=O)NC(C)C)cc1NC(=O)CC#N. The second-order valence-corrected chi connectivity index (χ2v) is 4.54. The van der Waals surface area contributed by atoms with Gasteiger partial charge < -0.3 is 10.6 Å². The summed E-state index contributed by atoms with van der Waals surface area (Å²) >= 11 is 0. The van der Waals surface area contributed by atoms with Crippen LogP contribution >= 0.6 is 0 Å². The van der Waals surface area contributed by atoms with Crippen molar-refractivity contribution in [2.24, 2.45) is 0 Å². The highest BCUT2D eigenvalue weighted by atomic mass is 16.2. The number of nitrogens with zero attached hydrogens (tertiary/aromatic N) is 1. The largest absolute Gasteiger partial charge is 0.350 e. The van der Waals surface area contributed by atoms with Crippen LogP contribution in [-0.4, -0.2) is 17.9 Å². The first-order valence-corrected chi connectivity index (χ1v) is 6.02. The molecule has 0 heterocycles. The van der Waals surface area contributed by atoms with Crippen LogP contribution in [0.25, 0.3) is 0 Å². The molecule has 1 rings (SSSR count). The minimum Gasteiger partial charge on any atom is -0.350 e. The zero-order chi connectivity index (χ0) is 14.4. The molecule has 5 nitrogen and oxygen atoms in total. The molecule has 0 aliphatic rings. The predicted octanol–water partition coefficient (Wildman–Crippen LogP) is 1.99. The van der Waals surface area contributed by atoms with Crippen molar-refractivity contribution in [3.8, 4) is 6.07 Å². The van der Waals surface area contributed by atoms with Gasteiger partial charge in [0.2, 0.25) is 5.91 Å². The van der Waals surface area contributed by atoms with E-state index in [2.05, 4.69) is 10.6 Å². The van der Waals surface area contributed by atoms with Gasteiger partial charge in [-0.25, -0.2) is 0 Å². The van der Waals surface area contributed by atoms with Crippen LogP contribution in [0.2, 0.25) is 0 Å². The van der Waals surface area contributed by atoms with E-state index in [0.29, 0.717) is 11.3 Å². The molecule has 0 atom stereocenters. The van der Waals surface area contributed by atoms with E-state index in [1.54, 1.807) is 24.3 Å². The lowest BCUT2D eigenvalue weighted by atomic mass is 10.1. The Kier molecular flexibility index (Phi) is 5.07. The van der Waals surface area contributed by atoms with Crippen LogP contribution < -0.4 is 10.6 Å². The van der Waals surface area contributed by atoms with E-state index in [1.165, 1.54) is 0 Å². The van der Waals surface area contributed by atoms with Crippen LogP contribution in [0.5, 0.6) is 0 Å². The van der Waals surface area contributed by atoms with E-state index in [-0.39, 0.29) is 24.3 Å². The molecule has 0 saturated heterocycles. The van der Waals surface area contributed by atoms with E-state index in [0.717, 1.165) is 5.56 Å². The maximum atomic E-state index is 11.9. The first kappa shape index (κ1) is 14.7. The van der Waals surface area contributed by atoms with Crippen molar-refractivity contribution in [2.45, 2.75) is 33.2 Å². The lowest BCUT2D eigenvalue weighted by Gasteiger charge is -2.11. The summed E-state index contributed by atoms with van der Waals surface area (Å²) < 4.78 is 0. The molecule has 5 heteroatoms. The van der Waals surface area contributed by atoms with Gasteiger partial charge in [-0.3, -0.25) is 9.59 Å². The highest BCUT2D eigenvalue weighted by Crippen LogP contribution is 2.17. The summed E-state index contributed by atoms with van der Waals surface area (Å²) in [6.45, 7) is 5.58. The van der Waals surface area contributed by atoms with Crippen molar-refractivity contribution in [2.75, 3.05) is 5.32 Å². The van der Waals surface area contributed by atoms with Gasteiger partial charge in [-0.05, 0) is 38.5 Å².